The summed E-state index contributed by atoms with van der Waals surface area (Å²) in [4.78, 5) is 30.2. The van der Waals surface area contributed by atoms with Crippen LogP contribution in [0.1, 0.15) is 5.69 Å². The maximum atomic E-state index is 12.2. The fourth-order valence-corrected chi connectivity index (χ4v) is 2.91. The van der Waals surface area contributed by atoms with Gasteiger partial charge in [-0.25, -0.2) is 5.48 Å². The molecule has 1 aliphatic heterocycles. The molecule has 0 spiro atoms. The number of anilines is 1. The van der Waals surface area contributed by atoms with Crippen LogP contribution < -0.4 is 10.4 Å². The zero-order chi connectivity index (χ0) is 21.1. The van der Waals surface area contributed by atoms with E-state index in [1.165, 1.54) is 5.48 Å². The number of hydrogen-bond donors (Lipinski definition) is 2. The molecule has 0 saturated carbocycles. The van der Waals surface area contributed by atoms with E-state index in [9.17, 15) is 9.59 Å². The van der Waals surface area contributed by atoms with Crippen LogP contribution in [0.15, 0.2) is 67.4 Å². The van der Waals surface area contributed by atoms with Crippen LogP contribution in [0.25, 0.3) is 6.08 Å². The van der Waals surface area contributed by atoms with E-state index in [0.29, 0.717) is 13.1 Å². The summed E-state index contributed by atoms with van der Waals surface area (Å²) in [5.74, 6) is -0.565. The van der Waals surface area contributed by atoms with Crippen LogP contribution in [0.2, 0.25) is 5.02 Å². The van der Waals surface area contributed by atoms with Gasteiger partial charge < -0.3 is 9.80 Å². The van der Waals surface area contributed by atoms with Crippen LogP contribution in [-0.2, 0) is 9.59 Å². The number of pyridine rings is 1. The topological polar surface area (TPSA) is 85.8 Å². The Hall–Kier alpha value is -2.87. The van der Waals surface area contributed by atoms with Crippen molar-refractivity contribution in [2.24, 2.45) is 0 Å². The molecule has 30 heavy (non-hydrogen) atoms. The number of piperazine rings is 1. The summed E-state index contributed by atoms with van der Waals surface area (Å²) in [5.41, 5.74) is 3.18. The summed E-state index contributed by atoms with van der Waals surface area (Å²) in [6, 6.07) is 13.4. The van der Waals surface area contributed by atoms with Gasteiger partial charge in [0.15, 0.2) is 0 Å². The number of rotatable bonds is 4. The predicted molar refractivity (Wildman–Crippen MR) is 121 cm³/mol. The Balaban J connectivity index is 0.000000567. The fraction of sp³-hybridized carbons (Fsp3) is 0.190. The molecule has 1 aromatic carbocycles. The third kappa shape index (κ3) is 7.87. The van der Waals surface area contributed by atoms with Gasteiger partial charge in [0, 0.05) is 38.5 Å². The highest BCUT2D eigenvalue weighted by molar-refractivity contribution is 6.33. The molecular formula is C21H24Cl2N4O3. The predicted octanol–water partition coefficient (Wildman–Crippen LogP) is 3.20. The van der Waals surface area contributed by atoms with Crippen LogP contribution in [-0.4, -0.2) is 53.1 Å². The second-order valence-corrected chi connectivity index (χ2v) is 6.44. The van der Waals surface area contributed by atoms with Gasteiger partial charge in [-0.1, -0.05) is 36.4 Å². The Morgan fingerprint density at radius 1 is 1.10 bits per heavy atom. The third-order valence-electron chi connectivity index (χ3n) is 4.16. The molecule has 1 saturated heterocycles. The molecule has 0 bridgehead atoms. The van der Waals surface area contributed by atoms with Crippen molar-refractivity contribution in [1.82, 2.24) is 15.4 Å². The largest absolute Gasteiger partial charge is 0.367 e. The third-order valence-corrected chi connectivity index (χ3v) is 4.48. The molecule has 2 heterocycles. The summed E-state index contributed by atoms with van der Waals surface area (Å²) in [7, 11) is 0. The molecule has 0 aliphatic carbocycles. The van der Waals surface area contributed by atoms with E-state index < -0.39 is 5.91 Å². The molecule has 0 unspecified atom stereocenters. The van der Waals surface area contributed by atoms with E-state index in [1.54, 1.807) is 18.3 Å². The van der Waals surface area contributed by atoms with E-state index in [0.717, 1.165) is 35.6 Å². The first kappa shape index (κ1) is 25.2. The van der Waals surface area contributed by atoms with E-state index in [-0.39, 0.29) is 18.3 Å². The van der Waals surface area contributed by atoms with Gasteiger partial charge in [0.1, 0.15) is 0 Å². The number of hydroxylamine groups is 1. The second kappa shape index (κ2) is 13.4. The van der Waals surface area contributed by atoms with E-state index in [2.05, 4.69) is 16.5 Å². The summed E-state index contributed by atoms with van der Waals surface area (Å²) in [6.07, 6.45) is 6.03. The van der Waals surface area contributed by atoms with Crippen molar-refractivity contribution in [2.45, 2.75) is 0 Å². The Kier molecular flexibility index (Phi) is 11.2. The van der Waals surface area contributed by atoms with Crippen LogP contribution in [0.5, 0.6) is 0 Å². The van der Waals surface area contributed by atoms with Crippen LogP contribution in [0.4, 0.5) is 5.69 Å². The number of carbonyl (C=O) groups is 2. The minimum Gasteiger partial charge on any atom is -0.367 e. The van der Waals surface area contributed by atoms with Gasteiger partial charge in [-0.15, -0.1) is 12.4 Å². The summed E-state index contributed by atoms with van der Waals surface area (Å²) < 4.78 is 0. The standard InChI is InChI=1S/C18H18ClN3O.C3H5NO2.ClH/c19-16-6-1-2-7-17(16)21-11-13-22(14-12-21)18(23)9-8-15-5-3-4-10-20-15;1-2-3(5)4-6;/h1-10H,11-14H2;2,6H,1H2,(H,4,5);1H/b9-8+;;. The average molecular weight is 451 g/mol. The summed E-state index contributed by atoms with van der Waals surface area (Å²) >= 11 is 6.23. The van der Waals surface area contributed by atoms with Gasteiger partial charge in [0.05, 0.1) is 16.4 Å². The second-order valence-electron chi connectivity index (χ2n) is 6.03. The molecule has 1 fully saturated rings. The molecule has 3 rings (SSSR count). The lowest BCUT2D eigenvalue weighted by atomic mass is 10.2. The van der Waals surface area contributed by atoms with Crippen molar-refractivity contribution in [3.05, 3.63) is 78.1 Å². The van der Waals surface area contributed by atoms with Gasteiger partial charge in [0.25, 0.3) is 5.91 Å². The van der Waals surface area contributed by atoms with Crippen molar-refractivity contribution in [3.8, 4) is 0 Å². The van der Waals surface area contributed by atoms with Crippen LogP contribution >= 0.6 is 24.0 Å². The first-order chi connectivity index (χ1) is 14.0. The number of amides is 2. The van der Waals surface area contributed by atoms with Crippen molar-refractivity contribution in [1.29, 1.82) is 0 Å². The zero-order valence-electron chi connectivity index (χ0n) is 16.3. The molecular weight excluding hydrogens is 427 g/mol. The highest BCUT2D eigenvalue weighted by Gasteiger charge is 2.20. The van der Waals surface area contributed by atoms with E-state index in [4.69, 9.17) is 16.8 Å². The lowest BCUT2D eigenvalue weighted by molar-refractivity contribution is -0.126. The first-order valence-electron chi connectivity index (χ1n) is 8.99. The quantitative estimate of drug-likeness (QED) is 0.424. The maximum absolute atomic E-state index is 12.2. The van der Waals surface area contributed by atoms with Gasteiger partial charge in [-0.05, 0) is 36.4 Å². The monoisotopic (exact) mass is 450 g/mol. The number of benzene rings is 1. The number of hydrogen-bond acceptors (Lipinski definition) is 5. The van der Waals surface area contributed by atoms with Crippen molar-refractivity contribution >= 4 is 47.6 Å². The first-order valence-corrected chi connectivity index (χ1v) is 9.37. The molecule has 0 atom stereocenters. The highest BCUT2D eigenvalue weighted by atomic mass is 35.5. The fourth-order valence-electron chi connectivity index (χ4n) is 2.66. The number of carbonyl (C=O) groups excluding carboxylic acids is 2. The molecule has 2 N–H and O–H groups in total. The summed E-state index contributed by atoms with van der Waals surface area (Å²) in [6.45, 7) is 6.01. The van der Waals surface area contributed by atoms with Gasteiger partial charge >= 0.3 is 0 Å². The maximum Gasteiger partial charge on any atom is 0.266 e. The Morgan fingerprint density at radius 3 is 2.30 bits per heavy atom. The molecule has 160 valence electrons. The molecule has 0 radical (unpaired) electrons. The van der Waals surface area contributed by atoms with Gasteiger partial charge in [-0.2, -0.15) is 0 Å². The Bertz CT molecular complexity index is 854. The molecule has 1 aromatic heterocycles. The number of nitrogens with zero attached hydrogens (tertiary/aromatic N) is 3. The van der Waals surface area contributed by atoms with Gasteiger partial charge in [-0.3, -0.25) is 19.8 Å². The lowest BCUT2D eigenvalue weighted by Gasteiger charge is -2.36. The Labute approximate surface area is 187 Å². The van der Waals surface area contributed by atoms with Gasteiger partial charge in [0.2, 0.25) is 5.91 Å². The minimum atomic E-state index is -0.588. The van der Waals surface area contributed by atoms with Crippen molar-refractivity contribution < 1.29 is 14.8 Å². The zero-order valence-corrected chi connectivity index (χ0v) is 17.9. The van der Waals surface area contributed by atoms with Crippen molar-refractivity contribution in [2.75, 3.05) is 31.1 Å². The number of para-hydroxylation sites is 1. The molecule has 2 amide bonds. The number of nitrogens with one attached hydrogen (secondary N) is 1. The number of aromatic nitrogens is 1. The van der Waals surface area contributed by atoms with Crippen molar-refractivity contribution in [3.63, 3.8) is 0 Å². The molecule has 2 aromatic rings. The van der Waals surface area contributed by atoms with Crippen LogP contribution in [0.3, 0.4) is 0 Å². The van der Waals surface area contributed by atoms with E-state index >= 15 is 0 Å². The Morgan fingerprint density at radius 2 is 1.77 bits per heavy atom. The normalized spacial score (nSPS) is 13.0. The van der Waals surface area contributed by atoms with Crippen LogP contribution in [0, 0.1) is 0 Å². The van der Waals surface area contributed by atoms with E-state index in [1.807, 2.05) is 47.4 Å². The molecule has 9 heteroatoms. The minimum absolute atomic E-state index is 0. The SMILES string of the molecule is C=CC(=O)NO.Cl.O=C(/C=C/c1ccccn1)N1CCN(c2ccccc2Cl)CC1. The lowest BCUT2D eigenvalue weighted by Crippen LogP contribution is -2.48. The smallest absolute Gasteiger partial charge is 0.266 e. The molecule has 1 aliphatic rings. The molecule has 7 nitrogen and oxygen atoms in total. The number of halogens is 2. The summed E-state index contributed by atoms with van der Waals surface area (Å²) in [5, 5.41) is 8.42. The highest BCUT2D eigenvalue weighted by Crippen LogP contribution is 2.26. The average Bonchev–Trinajstić information content (AvgIpc) is 2.78.